The van der Waals surface area contributed by atoms with Crippen LogP contribution in [0.25, 0.3) is 11.3 Å². The van der Waals surface area contributed by atoms with Crippen molar-refractivity contribution in [3.63, 3.8) is 0 Å². The number of pyridine rings is 1. The molecule has 0 saturated heterocycles. The van der Waals surface area contributed by atoms with Crippen molar-refractivity contribution in [3.8, 4) is 11.3 Å². The summed E-state index contributed by atoms with van der Waals surface area (Å²) in [6, 6.07) is 20.9. The minimum Gasteiger partial charge on any atom is -0.267 e. The lowest BCUT2D eigenvalue weighted by molar-refractivity contribution is 0.0955. The van der Waals surface area contributed by atoms with Gasteiger partial charge in [0.15, 0.2) is 0 Å². The predicted octanol–water partition coefficient (Wildman–Crippen LogP) is 4.41. The summed E-state index contributed by atoms with van der Waals surface area (Å²) >= 11 is 6.02. The SMILES string of the molecule is O=C(N/N=C\c1cn(Cc2ccccc2)nc1-c1ccc(Cl)cc1)c1cccnc1. The Hall–Kier alpha value is -3.77. The first kappa shape index (κ1) is 19.5. The predicted molar refractivity (Wildman–Crippen MR) is 118 cm³/mol. The van der Waals surface area contributed by atoms with Crippen molar-refractivity contribution in [2.24, 2.45) is 5.10 Å². The zero-order valence-electron chi connectivity index (χ0n) is 15.9. The second kappa shape index (κ2) is 9.15. The van der Waals surface area contributed by atoms with E-state index < -0.39 is 0 Å². The van der Waals surface area contributed by atoms with E-state index in [1.54, 1.807) is 24.5 Å². The van der Waals surface area contributed by atoms with Crippen molar-refractivity contribution in [1.29, 1.82) is 0 Å². The summed E-state index contributed by atoms with van der Waals surface area (Å²) < 4.78 is 1.85. The molecule has 2 aromatic heterocycles. The number of carbonyl (C=O) groups excluding carboxylic acids is 1. The molecule has 0 aliphatic carbocycles. The average molecular weight is 416 g/mol. The molecule has 0 radical (unpaired) electrons. The number of benzene rings is 2. The van der Waals surface area contributed by atoms with Crippen molar-refractivity contribution < 1.29 is 4.79 Å². The van der Waals surface area contributed by atoms with Crippen LogP contribution < -0.4 is 5.43 Å². The molecule has 30 heavy (non-hydrogen) atoms. The van der Waals surface area contributed by atoms with Gasteiger partial charge in [0.25, 0.3) is 5.91 Å². The van der Waals surface area contributed by atoms with Crippen molar-refractivity contribution in [3.05, 3.63) is 107 Å². The van der Waals surface area contributed by atoms with Crippen LogP contribution >= 0.6 is 11.6 Å². The van der Waals surface area contributed by atoms with Crippen LogP contribution in [0.3, 0.4) is 0 Å². The Balaban J connectivity index is 1.59. The lowest BCUT2D eigenvalue weighted by Gasteiger charge is -2.01. The van der Waals surface area contributed by atoms with Crippen LogP contribution in [-0.2, 0) is 6.54 Å². The first-order valence-corrected chi connectivity index (χ1v) is 9.67. The molecule has 4 aromatic rings. The highest BCUT2D eigenvalue weighted by atomic mass is 35.5. The zero-order valence-corrected chi connectivity index (χ0v) is 16.7. The number of hydrazone groups is 1. The number of halogens is 1. The number of rotatable bonds is 6. The Morgan fingerprint density at radius 1 is 1.07 bits per heavy atom. The summed E-state index contributed by atoms with van der Waals surface area (Å²) in [7, 11) is 0. The number of nitrogens with zero attached hydrogens (tertiary/aromatic N) is 4. The van der Waals surface area contributed by atoms with Crippen LogP contribution in [0, 0.1) is 0 Å². The van der Waals surface area contributed by atoms with Crippen molar-refractivity contribution >= 4 is 23.7 Å². The highest BCUT2D eigenvalue weighted by molar-refractivity contribution is 6.30. The second-order valence-corrected chi connectivity index (χ2v) is 7.00. The number of amides is 1. The summed E-state index contributed by atoms with van der Waals surface area (Å²) in [5.74, 6) is -0.330. The number of aromatic nitrogens is 3. The molecule has 7 heteroatoms. The van der Waals surface area contributed by atoms with Crippen LogP contribution in [0.1, 0.15) is 21.5 Å². The molecule has 6 nitrogen and oxygen atoms in total. The molecule has 0 atom stereocenters. The van der Waals surface area contributed by atoms with E-state index in [0.717, 1.165) is 22.4 Å². The largest absolute Gasteiger partial charge is 0.272 e. The monoisotopic (exact) mass is 415 g/mol. The maximum atomic E-state index is 12.2. The highest BCUT2D eigenvalue weighted by Crippen LogP contribution is 2.23. The van der Waals surface area contributed by atoms with E-state index in [4.69, 9.17) is 16.7 Å². The van der Waals surface area contributed by atoms with E-state index in [1.807, 2.05) is 65.5 Å². The summed E-state index contributed by atoms with van der Waals surface area (Å²) in [5, 5.41) is 9.49. The van der Waals surface area contributed by atoms with Gasteiger partial charge >= 0.3 is 0 Å². The highest BCUT2D eigenvalue weighted by Gasteiger charge is 2.11. The number of nitrogens with one attached hydrogen (secondary N) is 1. The lowest BCUT2D eigenvalue weighted by Crippen LogP contribution is -2.17. The molecule has 4 rings (SSSR count). The third-order valence-corrected chi connectivity index (χ3v) is 4.64. The fourth-order valence-corrected chi connectivity index (χ4v) is 3.06. The van der Waals surface area contributed by atoms with Gasteiger partial charge in [0.1, 0.15) is 5.69 Å². The summed E-state index contributed by atoms with van der Waals surface area (Å²) in [5.41, 5.74) is 6.54. The van der Waals surface area contributed by atoms with E-state index in [9.17, 15) is 4.79 Å². The molecule has 2 heterocycles. The summed E-state index contributed by atoms with van der Waals surface area (Å²) in [6.07, 6.45) is 6.59. The zero-order chi connectivity index (χ0) is 20.8. The minimum atomic E-state index is -0.330. The summed E-state index contributed by atoms with van der Waals surface area (Å²) in [4.78, 5) is 16.1. The van der Waals surface area contributed by atoms with Gasteiger partial charge in [-0.2, -0.15) is 10.2 Å². The Morgan fingerprint density at radius 2 is 1.87 bits per heavy atom. The molecular formula is C23H18ClN5O. The molecule has 0 unspecified atom stereocenters. The molecule has 0 aliphatic heterocycles. The van der Waals surface area contributed by atoms with Crippen LogP contribution in [0.2, 0.25) is 5.02 Å². The maximum absolute atomic E-state index is 12.2. The van der Waals surface area contributed by atoms with Crippen LogP contribution in [-0.4, -0.2) is 26.9 Å². The lowest BCUT2D eigenvalue weighted by atomic mass is 10.1. The first-order valence-electron chi connectivity index (χ1n) is 9.30. The minimum absolute atomic E-state index is 0.330. The quantitative estimate of drug-likeness (QED) is 0.374. The van der Waals surface area contributed by atoms with E-state index in [1.165, 1.54) is 6.20 Å². The number of hydrogen-bond donors (Lipinski definition) is 1. The molecule has 0 saturated carbocycles. The fraction of sp³-hybridized carbons (Fsp3) is 0.0435. The molecule has 1 amide bonds. The van der Waals surface area contributed by atoms with Crippen molar-refractivity contribution in [1.82, 2.24) is 20.2 Å². The van der Waals surface area contributed by atoms with Crippen LogP contribution in [0.4, 0.5) is 0 Å². The standard InChI is InChI=1S/C23H18ClN5O/c24-21-10-8-18(9-11-21)22-20(14-26-27-23(30)19-7-4-12-25-13-19)16-29(28-22)15-17-5-2-1-3-6-17/h1-14,16H,15H2,(H,27,30)/b26-14-. The van der Waals surface area contributed by atoms with Gasteiger partial charge in [-0.05, 0) is 29.8 Å². The fourth-order valence-electron chi connectivity index (χ4n) is 2.94. The third-order valence-electron chi connectivity index (χ3n) is 4.39. The van der Waals surface area contributed by atoms with Gasteiger partial charge in [0.05, 0.1) is 18.3 Å². The smallest absolute Gasteiger partial charge is 0.267 e. The third kappa shape index (κ3) is 4.79. The molecule has 1 N–H and O–H groups in total. The van der Waals surface area contributed by atoms with E-state index in [0.29, 0.717) is 17.1 Å². The first-order chi connectivity index (χ1) is 14.7. The van der Waals surface area contributed by atoms with Crippen LogP contribution in [0.15, 0.2) is 90.4 Å². The second-order valence-electron chi connectivity index (χ2n) is 6.56. The Morgan fingerprint density at radius 3 is 2.60 bits per heavy atom. The number of carbonyl (C=O) groups is 1. The van der Waals surface area contributed by atoms with Gasteiger partial charge in [0.2, 0.25) is 0 Å². The van der Waals surface area contributed by atoms with Gasteiger partial charge in [-0.25, -0.2) is 5.43 Å². The summed E-state index contributed by atoms with van der Waals surface area (Å²) in [6.45, 7) is 0.622. The normalized spacial score (nSPS) is 11.0. The Kier molecular flexibility index (Phi) is 5.96. The van der Waals surface area contributed by atoms with Gasteiger partial charge in [-0.15, -0.1) is 0 Å². The Bertz CT molecular complexity index is 1160. The van der Waals surface area contributed by atoms with Crippen molar-refractivity contribution in [2.75, 3.05) is 0 Å². The van der Waals surface area contributed by atoms with E-state index >= 15 is 0 Å². The molecule has 2 aromatic carbocycles. The average Bonchev–Trinajstić information content (AvgIpc) is 3.18. The molecular weight excluding hydrogens is 398 g/mol. The Labute approximate surface area is 178 Å². The molecule has 0 aliphatic rings. The maximum Gasteiger partial charge on any atom is 0.272 e. The molecule has 0 spiro atoms. The van der Waals surface area contributed by atoms with E-state index in [-0.39, 0.29) is 5.91 Å². The molecule has 0 fully saturated rings. The van der Waals surface area contributed by atoms with Crippen molar-refractivity contribution in [2.45, 2.75) is 6.54 Å². The number of hydrogen-bond acceptors (Lipinski definition) is 4. The van der Waals surface area contributed by atoms with Gasteiger partial charge in [-0.1, -0.05) is 54.1 Å². The molecule has 0 bridgehead atoms. The van der Waals surface area contributed by atoms with Crippen LogP contribution in [0.5, 0.6) is 0 Å². The van der Waals surface area contributed by atoms with Gasteiger partial charge < -0.3 is 0 Å². The van der Waals surface area contributed by atoms with Gasteiger partial charge in [-0.3, -0.25) is 14.5 Å². The topological polar surface area (TPSA) is 72.2 Å². The molecule has 148 valence electrons. The van der Waals surface area contributed by atoms with E-state index in [2.05, 4.69) is 15.5 Å². The van der Waals surface area contributed by atoms with Gasteiger partial charge in [0, 0.05) is 34.7 Å².